The van der Waals surface area contributed by atoms with Crippen molar-refractivity contribution in [3.63, 3.8) is 0 Å². The predicted molar refractivity (Wildman–Crippen MR) is 138 cm³/mol. The Labute approximate surface area is 220 Å². The zero-order chi connectivity index (χ0) is 26.6. The predicted octanol–water partition coefficient (Wildman–Crippen LogP) is 3.50. The lowest BCUT2D eigenvalue weighted by molar-refractivity contribution is -0.155. The summed E-state index contributed by atoms with van der Waals surface area (Å²) in [4.78, 5) is 42.5. The number of carbonyl (C=O) groups is 3. The number of nitrogens with two attached hydrogens (primary N) is 2. The maximum Gasteiger partial charge on any atom is 0.245 e. The normalized spacial score (nSPS) is 18.6. The number of benzene rings is 2. The maximum atomic E-state index is 13.6. The SMILES string of the molecule is CCCC1C(=O)N(C(C)C(C(N)=O)c2ccc(Cl)cc2Cl)CCN1C(=O)C(N)Cc1ccc(F)cc1. The molecule has 4 unspecified atom stereocenters. The van der Waals surface area contributed by atoms with Crippen LogP contribution in [0.15, 0.2) is 42.5 Å². The van der Waals surface area contributed by atoms with Gasteiger partial charge in [-0.2, -0.15) is 0 Å². The summed E-state index contributed by atoms with van der Waals surface area (Å²) >= 11 is 12.4. The molecule has 2 aromatic carbocycles. The van der Waals surface area contributed by atoms with E-state index < -0.39 is 30.0 Å². The van der Waals surface area contributed by atoms with E-state index >= 15 is 0 Å². The summed E-state index contributed by atoms with van der Waals surface area (Å²) < 4.78 is 13.2. The molecule has 36 heavy (non-hydrogen) atoms. The van der Waals surface area contributed by atoms with E-state index in [1.54, 1.807) is 36.1 Å². The van der Waals surface area contributed by atoms with E-state index in [2.05, 4.69) is 0 Å². The van der Waals surface area contributed by atoms with Gasteiger partial charge in [0.2, 0.25) is 17.7 Å². The van der Waals surface area contributed by atoms with Gasteiger partial charge in [-0.05, 0) is 55.2 Å². The Morgan fingerprint density at radius 1 is 1.14 bits per heavy atom. The van der Waals surface area contributed by atoms with Crippen LogP contribution in [0.3, 0.4) is 0 Å². The highest BCUT2D eigenvalue weighted by Crippen LogP contribution is 2.33. The van der Waals surface area contributed by atoms with Crippen LogP contribution in [0.1, 0.15) is 43.7 Å². The van der Waals surface area contributed by atoms with Crippen LogP contribution < -0.4 is 11.5 Å². The first kappa shape index (κ1) is 27.9. The molecule has 3 amide bonds. The first-order valence-corrected chi connectivity index (χ1v) is 12.7. The van der Waals surface area contributed by atoms with Crippen molar-refractivity contribution >= 4 is 40.9 Å². The molecule has 1 heterocycles. The average molecular weight is 537 g/mol. The zero-order valence-corrected chi connectivity index (χ0v) is 21.8. The van der Waals surface area contributed by atoms with E-state index in [1.165, 1.54) is 23.1 Å². The minimum atomic E-state index is -0.877. The molecule has 0 spiro atoms. The van der Waals surface area contributed by atoms with Crippen LogP contribution in [0, 0.1) is 5.82 Å². The Balaban J connectivity index is 1.81. The molecule has 1 saturated heterocycles. The second kappa shape index (κ2) is 12.0. The second-order valence-corrected chi connectivity index (χ2v) is 9.93. The average Bonchev–Trinajstić information content (AvgIpc) is 2.82. The largest absolute Gasteiger partial charge is 0.369 e. The molecule has 0 bridgehead atoms. The molecular formula is C26H31Cl2FN4O3. The fraction of sp³-hybridized carbons (Fsp3) is 0.423. The first-order valence-electron chi connectivity index (χ1n) is 11.9. The summed E-state index contributed by atoms with van der Waals surface area (Å²) in [7, 11) is 0. The van der Waals surface area contributed by atoms with Gasteiger partial charge in [0.05, 0.1) is 12.0 Å². The number of nitrogens with zero attached hydrogens (tertiary/aromatic N) is 2. The molecule has 7 nitrogen and oxygen atoms in total. The Morgan fingerprint density at radius 2 is 1.81 bits per heavy atom. The van der Waals surface area contributed by atoms with Crippen LogP contribution in [0.25, 0.3) is 0 Å². The Kier molecular flexibility index (Phi) is 9.33. The molecule has 3 rings (SSSR count). The van der Waals surface area contributed by atoms with Crippen LogP contribution in [-0.2, 0) is 20.8 Å². The fourth-order valence-electron chi connectivity index (χ4n) is 4.79. The van der Waals surface area contributed by atoms with Gasteiger partial charge in [0.15, 0.2) is 0 Å². The van der Waals surface area contributed by atoms with E-state index in [9.17, 15) is 18.8 Å². The second-order valence-electron chi connectivity index (χ2n) is 9.09. The smallest absolute Gasteiger partial charge is 0.245 e. The quantitative estimate of drug-likeness (QED) is 0.510. The van der Waals surface area contributed by atoms with Crippen LogP contribution in [0.4, 0.5) is 4.39 Å². The van der Waals surface area contributed by atoms with Crippen LogP contribution >= 0.6 is 23.2 Å². The van der Waals surface area contributed by atoms with Crippen LogP contribution in [0.5, 0.6) is 0 Å². The molecule has 4 N–H and O–H groups in total. The van der Waals surface area contributed by atoms with Crippen molar-refractivity contribution in [3.8, 4) is 0 Å². The van der Waals surface area contributed by atoms with E-state index in [0.717, 1.165) is 5.56 Å². The summed E-state index contributed by atoms with van der Waals surface area (Å²) in [6.45, 7) is 4.15. The molecule has 0 aromatic heterocycles. The lowest BCUT2D eigenvalue weighted by Gasteiger charge is -2.45. The molecule has 1 aliphatic rings. The standard InChI is InChI=1S/C26H31Cl2FN4O3/c1-3-4-22-26(36)32(15(2)23(24(31)34)19-10-7-17(27)14-20(19)28)11-12-33(22)25(35)21(30)13-16-5-8-18(29)9-6-16/h5-10,14-15,21-23H,3-4,11-13,30H2,1-2H3,(H2,31,34). The molecule has 4 atom stereocenters. The Morgan fingerprint density at radius 3 is 2.39 bits per heavy atom. The monoisotopic (exact) mass is 536 g/mol. The highest BCUT2D eigenvalue weighted by Gasteiger charge is 2.42. The molecule has 0 aliphatic carbocycles. The number of hydrogen-bond donors (Lipinski definition) is 2. The van der Waals surface area contributed by atoms with Crippen LogP contribution in [0.2, 0.25) is 10.0 Å². The van der Waals surface area contributed by atoms with Crippen molar-refractivity contribution in [2.45, 2.75) is 57.2 Å². The van der Waals surface area contributed by atoms with Gasteiger partial charge in [-0.1, -0.05) is 54.7 Å². The number of carbonyl (C=O) groups excluding carboxylic acids is 3. The van der Waals surface area contributed by atoms with Gasteiger partial charge in [0.1, 0.15) is 11.9 Å². The van der Waals surface area contributed by atoms with Gasteiger partial charge in [-0.3, -0.25) is 14.4 Å². The first-order chi connectivity index (χ1) is 17.0. The van der Waals surface area contributed by atoms with E-state index in [4.69, 9.17) is 34.7 Å². The topological polar surface area (TPSA) is 110 Å². The van der Waals surface area contributed by atoms with Gasteiger partial charge >= 0.3 is 0 Å². The number of hydrogen-bond acceptors (Lipinski definition) is 4. The number of halogens is 3. The highest BCUT2D eigenvalue weighted by molar-refractivity contribution is 6.35. The van der Waals surface area contributed by atoms with Gasteiger partial charge in [-0.25, -0.2) is 4.39 Å². The third-order valence-corrected chi connectivity index (χ3v) is 7.20. The van der Waals surface area contributed by atoms with Crippen molar-refractivity contribution in [1.82, 2.24) is 9.80 Å². The van der Waals surface area contributed by atoms with E-state index in [-0.39, 0.29) is 42.2 Å². The van der Waals surface area contributed by atoms with Gasteiger partial charge in [0.25, 0.3) is 0 Å². The van der Waals surface area contributed by atoms with Gasteiger partial charge in [0, 0.05) is 29.2 Å². The number of amides is 3. The molecule has 1 fully saturated rings. The van der Waals surface area contributed by atoms with E-state index in [0.29, 0.717) is 23.4 Å². The highest BCUT2D eigenvalue weighted by atomic mass is 35.5. The zero-order valence-electron chi connectivity index (χ0n) is 20.3. The van der Waals surface area contributed by atoms with Crippen molar-refractivity contribution in [2.75, 3.05) is 13.1 Å². The number of primary amides is 1. The Hall–Kier alpha value is -2.68. The van der Waals surface area contributed by atoms with Crippen molar-refractivity contribution in [3.05, 3.63) is 69.5 Å². The molecular weight excluding hydrogens is 506 g/mol. The van der Waals surface area contributed by atoms with E-state index in [1.807, 2.05) is 6.92 Å². The summed E-state index contributed by atoms with van der Waals surface area (Å²) in [5, 5.41) is 0.708. The molecule has 0 radical (unpaired) electrons. The minimum Gasteiger partial charge on any atom is -0.369 e. The summed E-state index contributed by atoms with van der Waals surface area (Å²) in [5.41, 5.74) is 13.2. The van der Waals surface area contributed by atoms with Crippen molar-refractivity contribution < 1.29 is 18.8 Å². The van der Waals surface area contributed by atoms with Gasteiger partial charge in [-0.15, -0.1) is 0 Å². The molecule has 0 saturated carbocycles. The number of piperazine rings is 1. The minimum absolute atomic E-state index is 0.213. The molecule has 194 valence electrons. The molecule has 1 aliphatic heterocycles. The van der Waals surface area contributed by atoms with Crippen molar-refractivity contribution in [1.29, 1.82) is 0 Å². The lowest BCUT2D eigenvalue weighted by Crippen LogP contribution is -2.64. The third-order valence-electron chi connectivity index (χ3n) is 6.64. The van der Waals surface area contributed by atoms with Crippen LogP contribution in [-0.4, -0.2) is 58.7 Å². The lowest BCUT2D eigenvalue weighted by atomic mass is 9.89. The summed E-state index contributed by atoms with van der Waals surface area (Å²) in [6.07, 6.45) is 1.33. The fourth-order valence-corrected chi connectivity index (χ4v) is 5.31. The van der Waals surface area contributed by atoms with Gasteiger partial charge < -0.3 is 21.3 Å². The molecule has 2 aromatic rings. The third kappa shape index (κ3) is 6.17. The summed E-state index contributed by atoms with van der Waals surface area (Å²) in [5.74, 6) is -2.46. The number of rotatable bonds is 9. The summed E-state index contributed by atoms with van der Waals surface area (Å²) in [6, 6.07) is 8.40. The Bertz CT molecular complexity index is 1110. The molecule has 10 heteroatoms. The van der Waals surface area contributed by atoms with Crippen molar-refractivity contribution in [2.24, 2.45) is 11.5 Å². The maximum absolute atomic E-state index is 13.6.